The summed E-state index contributed by atoms with van der Waals surface area (Å²) in [6.07, 6.45) is 3.37. The molecule has 1 aromatic carbocycles. The van der Waals surface area contributed by atoms with Crippen LogP contribution in [0.2, 0.25) is 0 Å². The minimum absolute atomic E-state index is 0.0461. The van der Waals surface area contributed by atoms with Crippen molar-refractivity contribution in [1.82, 2.24) is 14.4 Å². The third-order valence-electron chi connectivity index (χ3n) is 3.55. The lowest BCUT2D eigenvalue weighted by atomic mass is 10.1. The third-order valence-corrected chi connectivity index (χ3v) is 3.55. The Balaban J connectivity index is 2.26. The average Bonchev–Trinajstić information content (AvgIpc) is 2.60. The van der Waals surface area contributed by atoms with E-state index in [0.29, 0.717) is 5.56 Å². The van der Waals surface area contributed by atoms with Crippen molar-refractivity contribution in [3.8, 4) is 17.0 Å². The van der Waals surface area contributed by atoms with E-state index in [9.17, 15) is 14.7 Å². The van der Waals surface area contributed by atoms with Crippen LogP contribution in [0, 0.1) is 0 Å². The lowest BCUT2D eigenvalue weighted by Crippen LogP contribution is -2.39. The van der Waals surface area contributed by atoms with Crippen molar-refractivity contribution < 1.29 is 14.6 Å². The lowest BCUT2D eigenvalue weighted by Gasteiger charge is -2.19. The zero-order valence-corrected chi connectivity index (χ0v) is 12.9. The van der Waals surface area contributed by atoms with Gasteiger partial charge in [-0.15, -0.1) is 0 Å². The summed E-state index contributed by atoms with van der Waals surface area (Å²) in [5, 5.41) is 11.2. The van der Waals surface area contributed by atoms with E-state index in [2.05, 4.69) is 9.97 Å². The number of carboxylic acid groups (broad SMARTS) is 1. The molecule has 7 heteroatoms. The number of aliphatic carboxylic acids is 1. The number of ether oxygens (including phenoxy) is 1. The smallest absolute Gasteiger partial charge is 0.269 e. The largest absolute Gasteiger partial charge is 0.546 e. The second-order valence-corrected chi connectivity index (χ2v) is 5.10. The number of hydrogen-bond donors (Lipinski definition) is 0. The second kappa shape index (κ2) is 6.49. The van der Waals surface area contributed by atoms with Crippen molar-refractivity contribution in [2.45, 2.75) is 19.4 Å². The highest BCUT2D eigenvalue weighted by Crippen LogP contribution is 2.26. The maximum Gasteiger partial charge on any atom is 0.269 e. The number of carbonyl (C=O) groups excluding carboxylic acids is 1. The van der Waals surface area contributed by atoms with Gasteiger partial charge in [0.15, 0.2) is 5.65 Å². The maximum absolute atomic E-state index is 12.8. The molecule has 122 valence electrons. The van der Waals surface area contributed by atoms with Crippen LogP contribution < -0.4 is 15.4 Å². The van der Waals surface area contributed by atoms with Gasteiger partial charge in [-0.25, -0.2) is 0 Å². The van der Waals surface area contributed by atoms with Crippen LogP contribution in [-0.4, -0.2) is 26.4 Å². The zero-order chi connectivity index (χ0) is 17.1. The molecule has 0 aliphatic heterocycles. The van der Waals surface area contributed by atoms with E-state index in [-0.39, 0.29) is 29.1 Å². The Bertz CT molecular complexity index is 937. The molecule has 0 amide bonds. The molecule has 0 spiro atoms. The Labute approximate surface area is 137 Å². The third kappa shape index (κ3) is 2.83. The van der Waals surface area contributed by atoms with Gasteiger partial charge in [0.2, 0.25) is 5.88 Å². The molecule has 1 atom stereocenters. The van der Waals surface area contributed by atoms with Crippen molar-refractivity contribution in [2.24, 2.45) is 0 Å². The molecule has 3 rings (SSSR count). The van der Waals surface area contributed by atoms with E-state index >= 15 is 0 Å². The van der Waals surface area contributed by atoms with Crippen LogP contribution in [0.25, 0.3) is 16.8 Å². The van der Waals surface area contributed by atoms with Crippen molar-refractivity contribution in [1.29, 1.82) is 0 Å². The molecule has 0 aliphatic rings. The van der Waals surface area contributed by atoms with Crippen molar-refractivity contribution >= 4 is 11.6 Å². The molecule has 24 heavy (non-hydrogen) atoms. The molecule has 0 fully saturated rings. The van der Waals surface area contributed by atoms with Crippen LogP contribution in [0.3, 0.4) is 0 Å². The van der Waals surface area contributed by atoms with Crippen LogP contribution in [0.15, 0.2) is 53.7 Å². The molecule has 2 aromatic heterocycles. The summed E-state index contributed by atoms with van der Waals surface area (Å²) in [5.74, 6) is -1.40. The molecular weight excluding hydrogens is 310 g/mol. The highest BCUT2D eigenvalue weighted by Gasteiger charge is 2.19. The summed E-state index contributed by atoms with van der Waals surface area (Å²) < 4.78 is 6.82. The number of carbonyl (C=O) groups is 1. The molecule has 3 aromatic rings. The van der Waals surface area contributed by atoms with Crippen LogP contribution in [0.5, 0.6) is 5.88 Å². The van der Waals surface area contributed by atoms with Gasteiger partial charge in [-0.05, 0) is 12.0 Å². The van der Waals surface area contributed by atoms with Gasteiger partial charge in [-0.2, -0.15) is 4.98 Å². The second-order valence-electron chi connectivity index (χ2n) is 5.10. The molecule has 0 N–H and O–H groups in total. The molecular formula is C17H14N3O4-. The lowest BCUT2D eigenvalue weighted by molar-refractivity contribution is -0.313. The van der Waals surface area contributed by atoms with E-state index in [4.69, 9.17) is 4.74 Å². The highest BCUT2D eigenvalue weighted by atomic mass is 16.5. The van der Waals surface area contributed by atoms with E-state index < -0.39 is 12.1 Å². The van der Waals surface area contributed by atoms with E-state index in [0.717, 1.165) is 0 Å². The normalized spacial score (nSPS) is 12.0. The number of benzene rings is 1. The Hall–Kier alpha value is -3.22. The maximum atomic E-state index is 12.8. The summed E-state index contributed by atoms with van der Waals surface area (Å²) in [6.45, 7) is 1.65. The molecule has 0 bridgehead atoms. The molecule has 2 heterocycles. The highest BCUT2D eigenvalue weighted by molar-refractivity contribution is 5.73. The zero-order valence-electron chi connectivity index (χ0n) is 12.9. The van der Waals surface area contributed by atoms with Gasteiger partial charge in [-0.3, -0.25) is 14.2 Å². The first kappa shape index (κ1) is 15.7. The van der Waals surface area contributed by atoms with Gasteiger partial charge < -0.3 is 14.6 Å². The minimum Gasteiger partial charge on any atom is -0.546 e. The first-order valence-corrected chi connectivity index (χ1v) is 7.41. The van der Waals surface area contributed by atoms with Crippen LogP contribution in [-0.2, 0) is 4.79 Å². The predicted molar refractivity (Wildman–Crippen MR) is 84.4 cm³/mol. The quantitative estimate of drug-likeness (QED) is 0.684. The molecule has 0 saturated heterocycles. The van der Waals surface area contributed by atoms with Gasteiger partial charge in [0, 0.05) is 12.4 Å². The first-order chi connectivity index (χ1) is 11.6. The fraction of sp³-hybridized carbons (Fsp3) is 0.176. The van der Waals surface area contributed by atoms with E-state index in [1.54, 1.807) is 31.2 Å². The fourth-order valence-electron chi connectivity index (χ4n) is 2.35. The number of fused-ring (bicyclic) bond motifs is 1. The predicted octanol–water partition coefficient (Wildman–Crippen LogP) is 0.664. The van der Waals surface area contributed by atoms with Crippen LogP contribution in [0.4, 0.5) is 0 Å². The molecule has 0 saturated carbocycles. The van der Waals surface area contributed by atoms with Crippen molar-refractivity contribution in [3.63, 3.8) is 0 Å². The number of hydrogen-bond acceptors (Lipinski definition) is 6. The number of aromatic nitrogens is 3. The Morgan fingerprint density at radius 1 is 1.33 bits per heavy atom. The molecule has 1 unspecified atom stereocenters. The van der Waals surface area contributed by atoms with Crippen LogP contribution >= 0.6 is 0 Å². The van der Waals surface area contributed by atoms with E-state index in [1.807, 2.05) is 6.07 Å². The Kier molecular flexibility index (Phi) is 4.24. The summed E-state index contributed by atoms with van der Waals surface area (Å²) in [4.78, 5) is 32.2. The standard InChI is InChI=1S/C17H15N3O4/c1-2-12(17(22)23)24-15-14(11-6-4-3-5-7-11)16(21)20-9-8-18-10-13(20)19-15/h3-10,12H,2H2,1H3,(H,22,23)/p-1. The van der Waals surface area contributed by atoms with Crippen molar-refractivity contribution in [3.05, 3.63) is 59.3 Å². The molecule has 0 aliphatic carbocycles. The fourth-order valence-corrected chi connectivity index (χ4v) is 2.35. The topological polar surface area (TPSA) is 96.6 Å². The van der Waals surface area contributed by atoms with Gasteiger partial charge in [0.05, 0.1) is 12.2 Å². The van der Waals surface area contributed by atoms with Crippen molar-refractivity contribution in [2.75, 3.05) is 0 Å². The molecule has 0 radical (unpaired) electrons. The average molecular weight is 324 g/mol. The Morgan fingerprint density at radius 2 is 2.08 bits per heavy atom. The SMILES string of the molecule is CCC(Oc1nc2cnccn2c(=O)c1-c1ccccc1)C(=O)[O-]. The summed E-state index contributed by atoms with van der Waals surface area (Å²) in [6, 6.07) is 8.83. The van der Waals surface area contributed by atoms with Gasteiger partial charge >= 0.3 is 0 Å². The van der Waals surface area contributed by atoms with Crippen LogP contribution in [0.1, 0.15) is 13.3 Å². The van der Waals surface area contributed by atoms with Gasteiger partial charge in [0.1, 0.15) is 11.7 Å². The summed E-state index contributed by atoms with van der Waals surface area (Å²) in [5.41, 5.74) is 0.686. The van der Waals surface area contributed by atoms with Gasteiger partial charge in [-0.1, -0.05) is 37.3 Å². The van der Waals surface area contributed by atoms with E-state index in [1.165, 1.54) is 23.0 Å². The first-order valence-electron chi connectivity index (χ1n) is 7.41. The number of rotatable bonds is 5. The number of nitrogens with zero attached hydrogens (tertiary/aromatic N) is 3. The summed E-state index contributed by atoms with van der Waals surface area (Å²) >= 11 is 0. The molecule has 7 nitrogen and oxygen atoms in total. The Morgan fingerprint density at radius 3 is 2.75 bits per heavy atom. The summed E-state index contributed by atoms with van der Waals surface area (Å²) in [7, 11) is 0. The van der Waals surface area contributed by atoms with Gasteiger partial charge in [0.25, 0.3) is 5.56 Å². The monoisotopic (exact) mass is 324 g/mol. The number of carboxylic acids is 1. The minimum atomic E-state index is -1.36.